The van der Waals surface area contributed by atoms with Crippen molar-refractivity contribution < 1.29 is 4.74 Å². The van der Waals surface area contributed by atoms with Crippen molar-refractivity contribution in [1.82, 2.24) is 5.32 Å². The molecule has 3 heteroatoms. The second kappa shape index (κ2) is 6.95. The fourth-order valence-corrected chi connectivity index (χ4v) is 3.80. The number of rotatable bonds is 6. The highest BCUT2D eigenvalue weighted by molar-refractivity contribution is 9.10. The highest BCUT2D eigenvalue weighted by atomic mass is 79.9. The van der Waals surface area contributed by atoms with Crippen LogP contribution in [0, 0.1) is 5.41 Å². The third-order valence-electron chi connectivity index (χ3n) is 4.34. The standard InChI is InChI=1S/C17H26BrNO/c1-13(2)19-12-17(8-4-5-9-17)11-14-6-7-16(20-3)15(18)10-14/h6-7,10,13,19H,4-5,8-9,11-12H2,1-3H3. The molecule has 112 valence electrons. The van der Waals surface area contributed by atoms with Gasteiger partial charge in [-0.2, -0.15) is 0 Å². The smallest absolute Gasteiger partial charge is 0.133 e. The molecule has 1 aromatic rings. The van der Waals surface area contributed by atoms with Crippen molar-refractivity contribution in [3.8, 4) is 5.75 Å². The molecule has 0 spiro atoms. The molecule has 1 aromatic carbocycles. The lowest BCUT2D eigenvalue weighted by atomic mass is 9.79. The zero-order chi connectivity index (χ0) is 14.6. The number of nitrogens with one attached hydrogen (secondary N) is 1. The molecule has 0 aliphatic heterocycles. The van der Waals surface area contributed by atoms with Crippen LogP contribution in [0.1, 0.15) is 45.1 Å². The van der Waals surface area contributed by atoms with E-state index in [0.29, 0.717) is 11.5 Å². The van der Waals surface area contributed by atoms with E-state index < -0.39 is 0 Å². The summed E-state index contributed by atoms with van der Waals surface area (Å²) in [4.78, 5) is 0. The Morgan fingerprint density at radius 1 is 1.30 bits per heavy atom. The Labute approximate surface area is 131 Å². The van der Waals surface area contributed by atoms with Gasteiger partial charge in [0, 0.05) is 12.6 Å². The van der Waals surface area contributed by atoms with E-state index in [0.717, 1.165) is 23.2 Å². The first-order valence-corrected chi connectivity index (χ1v) is 8.40. The van der Waals surface area contributed by atoms with Gasteiger partial charge in [-0.3, -0.25) is 0 Å². The minimum absolute atomic E-state index is 0.443. The number of halogens is 1. The van der Waals surface area contributed by atoms with Gasteiger partial charge in [-0.25, -0.2) is 0 Å². The molecule has 0 saturated heterocycles. The van der Waals surface area contributed by atoms with Gasteiger partial charge in [-0.05, 0) is 58.3 Å². The Morgan fingerprint density at radius 3 is 2.55 bits per heavy atom. The van der Waals surface area contributed by atoms with Gasteiger partial charge in [-0.1, -0.05) is 32.8 Å². The largest absolute Gasteiger partial charge is 0.496 e. The molecule has 0 atom stereocenters. The van der Waals surface area contributed by atoms with Gasteiger partial charge in [-0.15, -0.1) is 0 Å². The van der Waals surface area contributed by atoms with Crippen LogP contribution in [0.5, 0.6) is 5.75 Å². The van der Waals surface area contributed by atoms with Crippen molar-refractivity contribution in [2.45, 2.75) is 52.0 Å². The third kappa shape index (κ3) is 3.98. The van der Waals surface area contributed by atoms with Crippen LogP contribution in [0.15, 0.2) is 22.7 Å². The molecule has 0 heterocycles. The quantitative estimate of drug-likeness (QED) is 0.820. The fraction of sp³-hybridized carbons (Fsp3) is 0.647. The van der Waals surface area contributed by atoms with Gasteiger partial charge in [0.25, 0.3) is 0 Å². The maximum Gasteiger partial charge on any atom is 0.133 e. The van der Waals surface area contributed by atoms with Crippen LogP contribution in [0.4, 0.5) is 0 Å². The van der Waals surface area contributed by atoms with Gasteiger partial charge < -0.3 is 10.1 Å². The first kappa shape index (κ1) is 15.8. The molecule has 1 aliphatic rings. The summed E-state index contributed by atoms with van der Waals surface area (Å²) in [5.74, 6) is 0.912. The number of benzene rings is 1. The van der Waals surface area contributed by atoms with Gasteiger partial charge in [0.05, 0.1) is 11.6 Å². The molecule has 1 aliphatic carbocycles. The Morgan fingerprint density at radius 2 is 2.00 bits per heavy atom. The summed E-state index contributed by atoms with van der Waals surface area (Å²) in [6.45, 7) is 5.59. The second-order valence-electron chi connectivity index (χ2n) is 6.39. The van der Waals surface area contributed by atoms with Crippen LogP contribution in [0.25, 0.3) is 0 Å². The average molecular weight is 340 g/mol. The maximum absolute atomic E-state index is 5.31. The molecular formula is C17H26BrNO. The van der Waals surface area contributed by atoms with Gasteiger partial charge >= 0.3 is 0 Å². The maximum atomic E-state index is 5.31. The summed E-state index contributed by atoms with van der Waals surface area (Å²) in [6.07, 6.45) is 6.59. The zero-order valence-corrected chi connectivity index (χ0v) is 14.4. The highest BCUT2D eigenvalue weighted by Gasteiger charge is 2.33. The van der Waals surface area contributed by atoms with E-state index >= 15 is 0 Å². The Bertz CT molecular complexity index is 439. The number of ether oxygens (including phenoxy) is 1. The van der Waals surface area contributed by atoms with Gasteiger partial charge in [0.2, 0.25) is 0 Å². The number of methoxy groups -OCH3 is 1. The van der Waals surface area contributed by atoms with Crippen molar-refractivity contribution in [1.29, 1.82) is 0 Å². The van der Waals surface area contributed by atoms with E-state index in [1.165, 1.54) is 31.2 Å². The SMILES string of the molecule is COc1ccc(CC2(CNC(C)C)CCCC2)cc1Br. The van der Waals surface area contributed by atoms with Crippen LogP contribution in [-0.2, 0) is 6.42 Å². The lowest BCUT2D eigenvalue weighted by Gasteiger charge is -2.31. The average Bonchev–Trinajstić information content (AvgIpc) is 2.86. The van der Waals surface area contributed by atoms with E-state index in [-0.39, 0.29) is 0 Å². The monoisotopic (exact) mass is 339 g/mol. The third-order valence-corrected chi connectivity index (χ3v) is 4.96. The highest BCUT2D eigenvalue weighted by Crippen LogP contribution is 2.41. The topological polar surface area (TPSA) is 21.3 Å². The van der Waals surface area contributed by atoms with Gasteiger partial charge in [0.15, 0.2) is 0 Å². The molecule has 1 fully saturated rings. The van der Waals surface area contributed by atoms with Crippen LogP contribution >= 0.6 is 15.9 Å². The molecule has 0 unspecified atom stereocenters. The Kier molecular flexibility index (Phi) is 5.50. The molecule has 20 heavy (non-hydrogen) atoms. The molecule has 1 saturated carbocycles. The minimum Gasteiger partial charge on any atom is -0.496 e. The van der Waals surface area contributed by atoms with Crippen LogP contribution in [0.2, 0.25) is 0 Å². The molecule has 2 nitrogen and oxygen atoms in total. The van der Waals surface area contributed by atoms with Crippen LogP contribution in [-0.4, -0.2) is 19.7 Å². The van der Waals surface area contributed by atoms with Crippen molar-refractivity contribution in [2.24, 2.45) is 5.41 Å². The van der Waals surface area contributed by atoms with Crippen LogP contribution < -0.4 is 10.1 Å². The molecule has 0 bridgehead atoms. The number of hydrogen-bond donors (Lipinski definition) is 1. The molecule has 0 radical (unpaired) electrons. The first-order valence-electron chi connectivity index (χ1n) is 7.60. The predicted octanol–water partition coefficient (Wildman–Crippen LogP) is 4.56. The summed E-state index contributed by atoms with van der Waals surface area (Å²) in [6, 6.07) is 7.06. The first-order chi connectivity index (χ1) is 9.54. The normalized spacial score (nSPS) is 17.6. The molecule has 2 rings (SSSR count). The van der Waals surface area contributed by atoms with Crippen molar-refractivity contribution >= 4 is 15.9 Å². The molecular weight excluding hydrogens is 314 g/mol. The van der Waals surface area contributed by atoms with Crippen LogP contribution in [0.3, 0.4) is 0 Å². The zero-order valence-electron chi connectivity index (χ0n) is 12.8. The summed E-state index contributed by atoms with van der Waals surface area (Å²) in [7, 11) is 1.71. The van der Waals surface area contributed by atoms with E-state index in [1.54, 1.807) is 7.11 Å². The predicted molar refractivity (Wildman–Crippen MR) is 88.4 cm³/mol. The van der Waals surface area contributed by atoms with Crippen molar-refractivity contribution in [3.63, 3.8) is 0 Å². The summed E-state index contributed by atoms with van der Waals surface area (Å²) >= 11 is 3.60. The lowest BCUT2D eigenvalue weighted by Crippen LogP contribution is -2.37. The molecule has 1 N–H and O–H groups in total. The fourth-order valence-electron chi connectivity index (χ4n) is 3.21. The Hall–Kier alpha value is -0.540. The number of hydrogen-bond acceptors (Lipinski definition) is 2. The van der Waals surface area contributed by atoms with Gasteiger partial charge in [0.1, 0.15) is 5.75 Å². The second-order valence-corrected chi connectivity index (χ2v) is 7.24. The van der Waals surface area contributed by atoms with E-state index in [9.17, 15) is 0 Å². The lowest BCUT2D eigenvalue weighted by molar-refractivity contribution is 0.269. The van der Waals surface area contributed by atoms with E-state index in [2.05, 4.69) is 53.3 Å². The summed E-state index contributed by atoms with van der Waals surface area (Å²) < 4.78 is 6.37. The minimum atomic E-state index is 0.443. The molecule has 0 aromatic heterocycles. The summed E-state index contributed by atoms with van der Waals surface area (Å²) in [5.41, 5.74) is 1.85. The van der Waals surface area contributed by atoms with E-state index in [4.69, 9.17) is 4.74 Å². The Balaban J connectivity index is 2.09. The molecule has 0 amide bonds. The summed E-state index contributed by atoms with van der Waals surface area (Å²) in [5, 5.41) is 3.65. The van der Waals surface area contributed by atoms with Crippen molar-refractivity contribution in [3.05, 3.63) is 28.2 Å². The van der Waals surface area contributed by atoms with E-state index in [1.807, 2.05) is 0 Å². The van der Waals surface area contributed by atoms with Crippen molar-refractivity contribution in [2.75, 3.05) is 13.7 Å².